The van der Waals surface area contributed by atoms with Crippen molar-refractivity contribution in [3.8, 4) is 0 Å². The SMILES string of the molecule is CCC(CC)NC(=O)c1ccc2ccccc2n1. The molecule has 1 N–H and O–H groups in total. The van der Waals surface area contributed by atoms with E-state index in [1.54, 1.807) is 6.07 Å². The maximum absolute atomic E-state index is 12.0. The van der Waals surface area contributed by atoms with Crippen LogP contribution < -0.4 is 5.32 Å². The van der Waals surface area contributed by atoms with E-state index < -0.39 is 0 Å². The van der Waals surface area contributed by atoms with Crippen molar-refractivity contribution >= 4 is 16.8 Å². The molecule has 0 radical (unpaired) electrons. The number of pyridine rings is 1. The van der Waals surface area contributed by atoms with Crippen molar-refractivity contribution < 1.29 is 4.79 Å². The number of amides is 1. The summed E-state index contributed by atoms with van der Waals surface area (Å²) in [6.45, 7) is 4.14. The fourth-order valence-electron chi connectivity index (χ4n) is 1.94. The highest BCUT2D eigenvalue weighted by atomic mass is 16.1. The van der Waals surface area contributed by atoms with Crippen LogP contribution in [-0.2, 0) is 0 Å². The lowest BCUT2D eigenvalue weighted by atomic mass is 10.1. The molecule has 1 aromatic carbocycles. The van der Waals surface area contributed by atoms with Gasteiger partial charge in [0.25, 0.3) is 5.91 Å². The van der Waals surface area contributed by atoms with Crippen LogP contribution in [0.4, 0.5) is 0 Å². The predicted octanol–water partition coefficient (Wildman–Crippen LogP) is 3.15. The summed E-state index contributed by atoms with van der Waals surface area (Å²) in [5.41, 5.74) is 1.34. The molecule has 2 rings (SSSR count). The van der Waals surface area contributed by atoms with Crippen LogP contribution in [0.15, 0.2) is 36.4 Å². The van der Waals surface area contributed by atoms with Crippen LogP contribution in [0.25, 0.3) is 10.9 Å². The molecule has 0 atom stereocenters. The van der Waals surface area contributed by atoms with E-state index in [1.807, 2.05) is 30.3 Å². The minimum absolute atomic E-state index is 0.0885. The summed E-state index contributed by atoms with van der Waals surface area (Å²) in [7, 11) is 0. The number of nitrogens with zero attached hydrogens (tertiary/aromatic N) is 1. The quantitative estimate of drug-likeness (QED) is 0.894. The van der Waals surface area contributed by atoms with Crippen LogP contribution in [0.2, 0.25) is 0 Å². The predicted molar refractivity (Wildman–Crippen MR) is 73.6 cm³/mol. The summed E-state index contributed by atoms with van der Waals surface area (Å²) >= 11 is 0. The number of hydrogen-bond donors (Lipinski definition) is 1. The van der Waals surface area contributed by atoms with Crippen molar-refractivity contribution in [2.24, 2.45) is 0 Å². The number of nitrogens with one attached hydrogen (secondary N) is 1. The molecule has 1 heterocycles. The molecule has 0 saturated carbocycles. The summed E-state index contributed by atoms with van der Waals surface area (Å²) in [6.07, 6.45) is 1.88. The van der Waals surface area contributed by atoms with Crippen molar-refractivity contribution in [1.82, 2.24) is 10.3 Å². The van der Waals surface area contributed by atoms with E-state index in [9.17, 15) is 4.79 Å². The van der Waals surface area contributed by atoms with Crippen molar-refractivity contribution in [3.63, 3.8) is 0 Å². The molecule has 3 heteroatoms. The topological polar surface area (TPSA) is 42.0 Å². The summed E-state index contributed by atoms with van der Waals surface area (Å²) in [6, 6.07) is 11.7. The lowest BCUT2D eigenvalue weighted by Gasteiger charge is -2.14. The second-order valence-corrected chi connectivity index (χ2v) is 4.38. The lowest BCUT2D eigenvalue weighted by molar-refractivity contribution is 0.0930. The summed E-state index contributed by atoms with van der Waals surface area (Å²) in [5.74, 6) is -0.0885. The van der Waals surface area contributed by atoms with Crippen LogP contribution >= 0.6 is 0 Å². The standard InChI is InChI=1S/C15H18N2O/c1-3-12(4-2)16-15(18)14-10-9-11-7-5-6-8-13(11)17-14/h5-10,12H,3-4H2,1-2H3,(H,16,18). The van der Waals surface area contributed by atoms with Crippen LogP contribution in [0.1, 0.15) is 37.2 Å². The van der Waals surface area contributed by atoms with Gasteiger partial charge in [-0.05, 0) is 25.0 Å². The number of para-hydroxylation sites is 1. The summed E-state index contributed by atoms with van der Waals surface area (Å²) in [4.78, 5) is 16.4. The highest BCUT2D eigenvalue weighted by molar-refractivity contribution is 5.95. The van der Waals surface area contributed by atoms with Gasteiger partial charge in [0, 0.05) is 11.4 Å². The highest BCUT2D eigenvalue weighted by Crippen LogP contribution is 2.12. The third kappa shape index (κ3) is 2.67. The molecule has 0 aliphatic rings. The van der Waals surface area contributed by atoms with Crippen LogP contribution in [0.3, 0.4) is 0 Å². The van der Waals surface area contributed by atoms with Gasteiger partial charge in [-0.25, -0.2) is 4.98 Å². The van der Waals surface area contributed by atoms with Gasteiger partial charge < -0.3 is 5.32 Å². The number of rotatable bonds is 4. The number of carbonyl (C=O) groups excluding carboxylic acids is 1. The number of fused-ring (bicyclic) bond motifs is 1. The second-order valence-electron chi connectivity index (χ2n) is 4.38. The number of hydrogen-bond acceptors (Lipinski definition) is 2. The van der Waals surface area contributed by atoms with Crippen molar-refractivity contribution in [2.75, 3.05) is 0 Å². The van der Waals surface area contributed by atoms with E-state index in [2.05, 4.69) is 24.1 Å². The van der Waals surface area contributed by atoms with E-state index in [-0.39, 0.29) is 11.9 Å². The van der Waals surface area contributed by atoms with Crippen molar-refractivity contribution in [2.45, 2.75) is 32.7 Å². The number of carbonyl (C=O) groups is 1. The van der Waals surface area contributed by atoms with Gasteiger partial charge >= 0.3 is 0 Å². The Morgan fingerprint density at radius 1 is 1.17 bits per heavy atom. The zero-order valence-electron chi connectivity index (χ0n) is 10.8. The normalized spacial score (nSPS) is 10.8. The van der Waals surface area contributed by atoms with E-state index in [0.717, 1.165) is 23.7 Å². The molecule has 1 aromatic heterocycles. The first-order valence-corrected chi connectivity index (χ1v) is 6.41. The van der Waals surface area contributed by atoms with E-state index in [4.69, 9.17) is 0 Å². The molecule has 2 aromatic rings. The molecule has 0 bridgehead atoms. The molecule has 0 unspecified atom stereocenters. The highest BCUT2D eigenvalue weighted by Gasteiger charge is 2.11. The average Bonchev–Trinajstić information content (AvgIpc) is 2.44. The van der Waals surface area contributed by atoms with Gasteiger partial charge in [-0.2, -0.15) is 0 Å². The minimum Gasteiger partial charge on any atom is -0.348 e. The number of aromatic nitrogens is 1. The fourth-order valence-corrected chi connectivity index (χ4v) is 1.94. The van der Waals surface area contributed by atoms with Gasteiger partial charge in [0.2, 0.25) is 0 Å². The molecule has 0 spiro atoms. The molecule has 18 heavy (non-hydrogen) atoms. The third-order valence-electron chi connectivity index (χ3n) is 3.15. The van der Waals surface area contributed by atoms with Crippen LogP contribution in [0.5, 0.6) is 0 Å². The Morgan fingerprint density at radius 2 is 1.89 bits per heavy atom. The third-order valence-corrected chi connectivity index (χ3v) is 3.15. The largest absolute Gasteiger partial charge is 0.348 e. The van der Waals surface area contributed by atoms with Crippen LogP contribution in [-0.4, -0.2) is 16.9 Å². The van der Waals surface area contributed by atoms with Crippen molar-refractivity contribution in [3.05, 3.63) is 42.1 Å². The van der Waals surface area contributed by atoms with E-state index in [0.29, 0.717) is 5.69 Å². The lowest BCUT2D eigenvalue weighted by Crippen LogP contribution is -2.34. The summed E-state index contributed by atoms with van der Waals surface area (Å²) < 4.78 is 0. The Balaban J connectivity index is 2.22. The zero-order chi connectivity index (χ0) is 13.0. The molecular weight excluding hydrogens is 224 g/mol. The Labute approximate surface area is 107 Å². The van der Waals surface area contributed by atoms with Gasteiger partial charge in [0.05, 0.1) is 5.52 Å². The minimum atomic E-state index is -0.0885. The molecule has 0 aliphatic carbocycles. The number of benzene rings is 1. The maximum atomic E-state index is 12.0. The molecule has 0 saturated heterocycles. The van der Waals surface area contributed by atoms with Gasteiger partial charge in [-0.15, -0.1) is 0 Å². The van der Waals surface area contributed by atoms with E-state index >= 15 is 0 Å². The molecular formula is C15H18N2O. The fraction of sp³-hybridized carbons (Fsp3) is 0.333. The smallest absolute Gasteiger partial charge is 0.270 e. The first-order chi connectivity index (χ1) is 8.74. The van der Waals surface area contributed by atoms with Crippen LogP contribution in [0, 0.1) is 0 Å². The Kier molecular flexibility index (Phi) is 3.92. The first-order valence-electron chi connectivity index (χ1n) is 6.41. The molecule has 94 valence electrons. The monoisotopic (exact) mass is 242 g/mol. The van der Waals surface area contributed by atoms with E-state index in [1.165, 1.54) is 0 Å². The molecule has 0 fully saturated rings. The zero-order valence-corrected chi connectivity index (χ0v) is 10.8. The molecule has 0 aliphatic heterocycles. The Bertz CT molecular complexity index is 547. The van der Waals surface area contributed by atoms with Gasteiger partial charge in [0.1, 0.15) is 5.69 Å². The molecule has 3 nitrogen and oxygen atoms in total. The Hall–Kier alpha value is -1.90. The molecule has 1 amide bonds. The average molecular weight is 242 g/mol. The van der Waals surface area contributed by atoms with Gasteiger partial charge in [-0.3, -0.25) is 4.79 Å². The van der Waals surface area contributed by atoms with Crippen molar-refractivity contribution in [1.29, 1.82) is 0 Å². The van der Waals surface area contributed by atoms with Gasteiger partial charge in [-0.1, -0.05) is 38.1 Å². The maximum Gasteiger partial charge on any atom is 0.270 e. The Morgan fingerprint density at radius 3 is 2.61 bits per heavy atom. The second kappa shape index (κ2) is 5.63. The summed E-state index contributed by atoms with van der Waals surface area (Å²) in [5, 5.41) is 4.05. The first kappa shape index (κ1) is 12.6. The van der Waals surface area contributed by atoms with Gasteiger partial charge in [0.15, 0.2) is 0 Å².